The second-order valence-electron chi connectivity index (χ2n) is 8.47. The molecular formula is C24H28N2O9S2. The summed E-state index contributed by atoms with van der Waals surface area (Å²) in [6.45, 7) is 1.66. The first-order chi connectivity index (χ1) is 17.0. The molecule has 2 aromatic carbocycles. The quantitative estimate of drug-likeness (QED) is 0.249. The van der Waals surface area contributed by atoms with Crippen LogP contribution >= 0.6 is 0 Å². The van der Waals surface area contributed by atoms with Crippen LogP contribution in [0.3, 0.4) is 0 Å². The second kappa shape index (κ2) is 11.4. The summed E-state index contributed by atoms with van der Waals surface area (Å²) in [4.78, 5) is 0. The summed E-state index contributed by atoms with van der Waals surface area (Å²) in [6, 6.07) is 12.9. The van der Waals surface area contributed by atoms with Crippen LogP contribution in [0.4, 0.5) is 5.69 Å². The number of aryl methyl sites for hydroxylation is 2. The van der Waals surface area contributed by atoms with Gasteiger partial charge in [0.2, 0.25) is 5.58 Å². The minimum absolute atomic E-state index is 0. The number of nitrogens with one attached hydrogen (secondary N) is 1. The van der Waals surface area contributed by atoms with Gasteiger partial charge in [0.1, 0.15) is 0 Å². The second-order valence-corrected chi connectivity index (χ2v) is 11.9. The number of ether oxygens (including phenoxy) is 1. The Hall–Kier alpha value is -3.23. The lowest BCUT2D eigenvalue weighted by molar-refractivity contribution is -0.678. The molecule has 4 N–H and O–H groups in total. The number of hydrogen-bond donors (Lipinski definition) is 3. The molecule has 4 rings (SSSR count). The third kappa shape index (κ3) is 7.17. The topological polar surface area (TPSA) is 177 Å². The van der Waals surface area contributed by atoms with Crippen LogP contribution < -0.4 is 14.6 Å². The van der Waals surface area contributed by atoms with Gasteiger partial charge in [-0.3, -0.25) is 9.11 Å². The van der Waals surface area contributed by atoms with Crippen molar-refractivity contribution < 1.29 is 45.1 Å². The van der Waals surface area contributed by atoms with Gasteiger partial charge in [0.25, 0.3) is 25.8 Å². The Morgan fingerprint density at radius 1 is 1.08 bits per heavy atom. The van der Waals surface area contributed by atoms with E-state index in [1.54, 1.807) is 34.9 Å². The molecule has 200 valence electrons. The predicted molar refractivity (Wildman–Crippen MR) is 137 cm³/mol. The van der Waals surface area contributed by atoms with Crippen molar-refractivity contribution in [2.45, 2.75) is 38.0 Å². The summed E-state index contributed by atoms with van der Waals surface area (Å²) in [5.41, 5.74) is 2.86. The Kier molecular flexibility index (Phi) is 8.76. The molecule has 13 heteroatoms. The third-order valence-corrected chi connectivity index (χ3v) is 7.85. The number of para-hydroxylation sites is 3. The molecule has 1 atom stereocenters. The standard InChI is InChI=1S/C24H26N2O8S2.H2O/c1-17(36(30,31)32)13-14-18-7-4-10-21-24(18)26(15-6-16-35(27,28)29)23(34-21)12-5-11-22-25-19-8-2-3-9-20(19)33-22;/h2-5,7-12,17H,6,13-16H2,1H3,(H2,27,28,29,30,31,32);1H2. The molecule has 1 aliphatic heterocycles. The molecule has 0 saturated carbocycles. The van der Waals surface area contributed by atoms with Crippen molar-refractivity contribution >= 4 is 43.1 Å². The summed E-state index contributed by atoms with van der Waals surface area (Å²) in [6.07, 6.45) is 5.83. The van der Waals surface area contributed by atoms with Crippen LogP contribution in [-0.4, -0.2) is 42.4 Å². The van der Waals surface area contributed by atoms with Gasteiger partial charge >= 0.3 is 5.89 Å². The monoisotopic (exact) mass is 552 g/mol. The van der Waals surface area contributed by atoms with Crippen molar-refractivity contribution in [1.29, 1.82) is 0 Å². The van der Waals surface area contributed by atoms with E-state index in [9.17, 15) is 21.4 Å². The number of rotatable bonds is 10. The van der Waals surface area contributed by atoms with E-state index in [0.717, 1.165) is 11.3 Å². The summed E-state index contributed by atoms with van der Waals surface area (Å²) in [7, 11) is -8.30. The van der Waals surface area contributed by atoms with Crippen LogP contribution in [-0.2, 0) is 33.2 Å². The maximum absolute atomic E-state index is 11.4. The molecule has 0 bridgehead atoms. The van der Waals surface area contributed by atoms with Crippen LogP contribution in [0.5, 0.6) is 5.75 Å². The van der Waals surface area contributed by atoms with Gasteiger partial charge in [0.15, 0.2) is 18.2 Å². The Morgan fingerprint density at radius 3 is 2.54 bits per heavy atom. The average Bonchev–Trinajstić information content (AvgIpc) is 3.37. The maximum atomic E-state index is 11.4. The van der Waals surface area contributed by atoms with Gasteiger partial charge in [-0.1, -0.05) is 24.3 Å². The number of nitrogens with zero attached hydrogens (tertiary/aromatic N) is 1. The number of benzene rings is 2. The molecule has 0 aliphatic carbocycles. The summed E-state index contributed by atoms with van der Waals surface area (Å²) in [5.74, 6) is 1.26. The largest absolute Gasteiger partial charge is 0.870 e. The van der Waals surface area contributed by atoms with Gasteiger partial charge in [0.05, 0.1) is 22.8 Å². The van der Waals surface area contributed by atoms with E-state index in [4.69, 9.17) is 13.7 Å². The van der Waals surface area contributed by atoms with Crippen molar-refractivity contribution in [3.63, 3.8) is 0 Å². The Bertz CT molecular complexity index is 1510. The van der Waals surface area contributed by atoms with Crippen molar-refractivity contribution in [3.05, 3.63) is 72.0 Å². The molecular weight excluding hydrogens is 524 g/mol. The number of aromatic nitrogens is 1. The van der Waals surface area contributed by atoms with Gasteiger partial charge in [-0.25, -0.2) is 0 Å². The lowest BCUT2D eigenvalue weighted by Crippen LogP contribution is -2.37. The maximum Gasteiger partial charge on any atom is 0.374 e. The predicted octanol–water partition coefficient (Wildman–Crippen LogP) is 3.39. The van der Waals surface area contributed by atoms with E-state index in [1.807, 2.05) is 30.3 Å². The van der Waals surface area contributed by atoms with E-state index >= 15 is 0 Å². The summed E-state index contributed by atoms with van der Waals surface area (Å²) in [5, 5.41) is 2.20. The van der Waals surface area contributed by atoms with Gasteiger partial charge in [0, 0.05) is 12.0 Å². The van der Waals surface area contributed by atoms with E-state index in [1.165, 1.54) is 6.92 Å². The Labute approximate surface area is 214 Å². The average molecular weight is 553 g/mol. The summed E-state index contributed by atoms with van der Waals surface area (Å²) < 4.78 is 77.4. The van der Waals surface area contributed by atoms with E-state index in [-0.39, 0.29) is 24.9 Å². The molecule has 1 aliphatic rings. The number of anilines is 1. The smallest absolute Gasteiger partial charge is 0.374 e. The van der Waals surface area contributed by atoms with E-state index < -0.39 is 31.2 Å². The highest BCUT2D eigenvalue weighted by molar-refractivity contribution is 7.86. The molecule has 1 aromatic heterocycles. The normalized spacial score (nSPS) is 15.4. The van der Waals surface area contributed by atoms with Gasteiger partial charge in [-0.2, -0.15) is 21.4 Å². The molecule has 0 spiro atoms. The highest BCUT2D eigenvalue weighted by atomic mass is 32.2. The lowest BCUT2D eigenvalue weighted by Gasteiger charge is -2.07. The van der Waals surface area contributed by atoms with E-state index in [2.05, 4.69) is 5.32 Å². The first-order valence-electron chi connectivity index (χ1n) is 11.3. The SMILES string of the molecule is CC(CCc1cccc2oc(C=CC=C3Nc4ccccc4O3)[n+](CCCS(=O)(=O)O)c12)S(=O)(=O)O.[OH-]. The molecule has 0 radical (unpaired) electrons. The molecule has 1 unspecified atom stereocenters. The van der Waals surface area contributed by atoms with Crippen molar-refractivity contribution in [2.75, 3.05) is 11.1 Å². The highest BCUT2D eigenvalue weighted by Gasteiger charge is 2.26. The van der Waals surface area contributed by atoms with E-state index in [0.29, 0.717) is 35.0 Å². The number of hydrogen-bond acceptors (Lipinski definition) is 8. The van der Waals surface area contributed by atoms with Crippen LogP contribution in [0.1, 0.15) is 31.2 Å². The van der Waals surface area contributed by atoms with Crippen LogP contribution in [0.15, 0.2) is 64.9 Å². The molecule has 0 fully saturated rings. The third-order valence-electron chi connectivity index (χ3n) is 5.80. The van der Waals surface area contributed by atoms with Crippen molar-refractivity contribution in [1.82, 2.24) is 0 Å². The fourth-order valence-corrected chi connectivity index (χ4v) is 4.83. The zero-order valence-corrected chi connectivity index (χ0v) is 21.6. The molecule has 0 saturated heterocycles. The van der Waals surface area contributed by atoms with Crippen molar-refractivity contribution in [2.24, 2.45) is 0 Å². The van der Waals surface area contributed by atoms with Crippen LogP contribution in [0.2, 0.25) is 0 Å². The van der Waals surface area contributed by atoms with Gasteiger partial charge < -0.3 is 19.9 Å². The number of fused-ring (bicyclic) bond motifs is 2. The molecule has 11 nitrogen and oxygen atoms in total. The Morgan fingerprint density at radius 2 is 1.84 bits per heavy atom. The van der Waals surface area contributed by atoms with Crippen LogP contribution in [0, 0.1) is 0 Å². The minimum Gasteiger partial charge on any atom is -0.870 e. The fourth-order valence-electron chi connectivity index (χ4n) is 3.92. The zero-order valence-electron chi connectivity index (χ0n) is 19.9. The lowest BCUT2D eigenvalue weighted by atomic mass is 10.1. The minimum atomic E-state index is -4.16. The number of oxazole rings is 1. The van der Waals surface area contributed by atoms with Gasteiger partial charge in [-0.05, 0) is 50.1 Å². The number of allylic oxidation sites excluding steroid dienone is 2. The molecule has 3 aromatic rings. The first-order valence-corrected chi connectivity index (χ1v) is 14.4. The molecule has 37 heavy (non-hydrogen) atoms. The highest BCUT2D eigenvalue weighted by Crippen LogP contribution is 2.32. The van der Waals surface area contributed by atoms with Crippen LogP contribution in [0.25, 0.3) is 17.2 Å². The Balaban J connectivity index is 0.00000380. The van der Waals surface area contributed by atoms with Gasteiger partial charge in [-0.15, -0.1) is 0 Å². The zero-order chi connectivity index (χ0) is 25.9. The summed E-state index contributed by atoms with van der Waals surface area (Å²) >= 11 is 0. The first kappa shape index (κ1) is 28.3. The fraction of sp³-hybridized carbons (Fsp3) is 0.292. The molecule has 2 heterocycles. The van der Waals surface area contributed by atoms with Crippen molar-refractivity contribution in [3.8, 4) is 5.75 Å². The molecule has 0 amide bonds.